The van der Waals surface area contributed by atoms with Gasteiger partial charge in [0.1, 0.15) is 0 Å². The van der Waals surface area contributed by atoms with Gasteiger partial charge in [-0.2, -0.15) is 0 Å². The van der Waals surface area contributed by atoms with Gasteiger partial charge in [0.05, 0.1) is 21.9 Å². The van der Waals surface area contributed by atoms with Crippen molar-refractivity contribution in [3.05, 3.63) is 18.2 Å². The SMILES string of the molecule is CCNS(=O)(=O)c1ccc(N)c(NCC2(C)CCCO2)c1. The van der Waals surface area contributed by atoms with Crippen LogP contribution in [0.1, 0.15) is 26.7 Å². The van der Waals surface area contributed by atoms with Crippen LogP contribution in [0.5, 0.6) is 0 Å². The van der Waals surface area contributed by atoms with E-state index < -0.39 is 10.0 Å². The maximum Gasteiger partial charge on any atom is 0.240 e. The molecule has 21 heavy (non-hydrogen) atoms. The molecule has 1 atom stereocenters. The highest BCUT2D eigenvalue weighted by molar-refractivity contribution is 7.89. The van der Waals surface area contributed by atoms with E-state index >= 15 is 0 Å². The van der Waals surface area contributed by atoms with Gasteiger partial charge >= 0.3 is 0 Å². The zero-order chi connectivity index (χ0) is 15.5. The summed E-state index contributed by atoms with van der Waals surface area (Å²) in [6.45, 7) is 5.50. The second-order valence-corrected chi connectivity index (χ2v) is 7.27. The van der Waals surface area contributed by atoms with Crippen molar-refractivity contribution in [1.29, 1.82) is 0 Å². The van der Waals surface area contributed by atoms with Crippen molar-refractivity contribution in [3.63, 3.8) is 0 Å². The minimum atomic E-state index is -3.48. The lowest BCUT2D eigenvalue weighted by molar-refractivity contribution is 0.0315. The van der Waals surface area contributed by atoms with Crippen molar-refractivity contribution in [3.8, 4) is 0 Å². The molecular weight excluding hydrogens is 290 g/mol. The Morgan fingerprint density at radius 1 is 1.43 bits per heavy atom. The van der Waals surface area contributed by atoms with Gasteiger partial charge in [-0.25, -0.2) is 13.1 Å². The Labute approximate surface area is 126 Å². The van der Waals surface area contributed by atoms with Crippen LogP contribution in [0.15, 0.2) is 23.1 Å². The Kier molecular flexibility index (Phi) is 4.75. The summed E-state index contributed by atoms with van der Waals surface area (Å²) in [5, 5.41) is 3.21. The molecule has 1 aliphatic heterocycles. The number of nitrogens with one attached hydrogen (secondary N) is 2. The zero-order valence-electron chi connectivity index (χ0n) is 12.5. The lowest BCUT2D eigenvalue weighted by Gasteiger charge is -2.24. The summed E-state index contributed by atoms with van der Waals surface area (Å²) >= 11 is 0. The van der Waals surface area contributed by atoms with Crippen molar-refractivity contribution >= 4 is 21.4 Å². The minimum absolute atomic E-state index is 0.207. The first-order chi connectivity index (χ1) is 9.86. The van der Waals surface area contributed by atoms with Crippen LogP contribution >= 0.6 is 0 Å². The van der Waals surface area contributed by atoms with Crippen LogP contribution in [0.4, 0.5) is 11.4 Å². The number of rotatable bonds is 6. The van der Waals surface area contributed by atoms with Gasteiger partial charge in [0, 0.05) is 19.7 Å². The largest absolute Gasteiger partial charge is 0.397 e. The quantitative estimate of drug-likeness (QED) is 0.693. The van der Waals surface area contributed by atoms with Gasteiger partial charge in [0.25, 0.3) is 0 Å². The number of hydrogen-bond donors (Lipinski definition) is 3. The molecule has 1 fully saturated rings. The van der Waals surface area contributed by atoms with Crippen LogP contribution in [0, 0.1) is 0 Å². The van der Waals surface area contributed by atoms with Gasteiger partial charge in [-0.1, -0.05) is 6.92 Å². The van der Waals surface area contributed by atoms with Crippen LogP contribution in [-0.2, 0) is 14.8 Å². The van der Waals surface area contributed by atoms with E-state index in [4.69, 9.17) is 10.5 Å². The Morgan fingerprint density at radius 3 is 2.81 bits per heavy atom. The lowest BCUT2D eigenvalue weighted by atomic mass is 10.0. The van der Waals surface area contributed by atoms with Crippen molar-refractivity contribution in [1.82, 2.24) is 4.72 Å². The standard InChI is InChI=1S/C14H23N3O3S/c1-3-17-21(18,19)11-5-6-12(15)13(9-11)16-10-14(2)7-4-8-20-14/h5-6,9,16-17H,3-4,7-8,10,15H2,1-2H3. The first kappa shape index (κ1) is 16.1. The highest BCUT2D eigenvalue weighted by atomic mass is 32.2. The van der Waals surface area contributed by atoms with E-state index in [2.05, 4.69) is 10.0 Å². The predicted molar refractivity (Wildman–Crippen MR) is 83.8 cm³/mol. The molecule has 1 aromatic rings. The van der Waals surface area contributed by atoms with Gasteiger partial charge in [-0.3, -0.25) is 0 Å². The summed E-state index contributed by atoms with van der Waals surface area (Å²) < 4.78 is 32.2. The van der Waals surface area contributed by atoms with E-state index in [0.29, 0.717) is 24.5 Å². The summed E-state index contributed by atoms with van der Waals surface area (Å²) in [6, 6.07) is 4.67. The fraction of sp³-hybridized carbons (Fsp3) is 0.571. The molecular formula is C14H23N3O3S. The van der Waals surface area contributed by atoms with E-state index in [1.165, 1.54) is 6.07 Å². The number of ether oxygens (including phenoxy) is 1. The maximum atomic E-state index is 12.0. The van der Waals surface area contributed by atoms with Crippen molar-refractivity contribution < 1.29 is 13.2 Å². The molecule has 4 N–H and O–H groups in total. The smallest absolute Gasteiger partial charge is 0.240 e. The number of benzene rings is 1. The van der Waals surface area contributed by atoms with E-state index in [-0.39, 0.29) is 10.5 Å². The average Bonchev–Trinajstić information content (AvgIpc) is 2.85. The fourth-order valence-electron chi connectivity index (χ4n) is 2.39. The third kappa shape index (κ3) is 3.87. The minimum Gasteiger partial charge on any atom is -0.397 e. The number of hydrogen-bond acceptors (Lipinski definition) is 5. The van der Waals surface area contributed by atoms with Crippen molar-refractivity contribution in [2.24, 2.45) is 0 Å². The predicted octanol–water partition coefficient (Wildman–Crippen LogP) is 1.55. The van der Waals surface area contributed by atoms with E-state index in [1.54, 1.807) is 19.1 Å². The molecule has 0 aromatic heterocycles. The summed E-state index contributed by atoms with van der Waals surface area (Å²) in [5.74, 6) is 0. The summed E-state index contributed by atoms with van der Waals surface area (Å²) in [6.07, 6.45) is 2.03. The van der Waals surface area contributed by atoms with Crippen LogP contribution < -0.4 is 15.8 Å². The fourth-order valence-corrected chi connectivity index (χ4v) is 3.45. The zero-order valence-corrected chi connectivity index (χ0v) is 13.3. The molecule has 0 amide bonds. The Morgan fingerprint density at radius 2 is 2.19 bits per heavy atom. The Balaban J connectivity index is 2.16. The molecule has 0 spiro atoms. The van der Waals surface area contributed by atoms with Crippen LogP contribution in [-0.4, -0.2) is 33.7 Å². The van der Waals surface area contributed by atoms with Crippen molar-refractivity contribution in [2.75, 3.05) is 30.7 Å². The van der Waals surface area contributed by atoms with Crippen LogP contribution in [0.25, 0.3) is 0 Å². The molecule has 7 heteroatoms. The Bertz CT molecular complexity index is 595. The van der Waals surface area contributed by atoms with Gasteiger partial charge in [0.15, 0.2) is 0 Å². The number of sulfonamides is 1. The van der Waals surface area contributed by atoms with E-state index in [9.17, 15) is 8.42 Å². The van der Waals surface area contributed by atoms with Crippen LogP contribution in [0.2, 0.25) is 0 Å². The highest BCUT2D eigenvalue weighted by Gasteiger charge is 2.29. The van der Waals surface area contributed by atoms with Gasteiger partial charge in [-0.15, -0.1) is 0 Å². The Hall–Kier alpha value is -1.31. The molecule has 6 nitrogen and oxygen atoms in total. The lowest BCUT2D eigenvalue weighted by Crippen LogP contribution is -2.32. The van der Waals surface area contributed by atoms with Gasteiger partial charge in [0.2, 0.25) is 10.0 Å². The summed E-state index contributed by atoms with van der Waals surface area (Å²) in [5.41, 5.74) is 6.83. The summed E-state index contributed by atoms with van der Waals surface area (Å²) in [7, 11) is -3.48. The molecule has 0 aliphatic carbocycles. The molecule has 2 rings (SSSR count). The maximum absolute atomic E-state index is 12.0. The first-order valence-corrected chi connectivity index (χ1v) is 8.62. The van der Waals surface area contributed by atoms with E-state index in [0.717, 1.165) is 19.4 Å². The van der Waals surface area contributed by atoms with Crippen molar-refractivity contribution in [2.45, 2.75) is 37.2 Å². The molecule has 1 saturated heterocycles. The van der Waals surface area contributed by atoms with E-state index in [1.807, 2.05) is 6.92 Å². The number of nitrogens with two attached hydrogens (primary N) is 1. The number of anilines is 2. The normalized spacial score (nSPS) is 22.4. The molecule has 1 aromatic carbocycles. The topological polar surface area (TPSA) is 93.5 Å². The monoisotopic (exact) mass is 313 g/mol. The molecule has 1 aliphatic rings. The molecule has 0 radical (unpaired) electrons. The number of nitrogen functional groups attached to an aromatic ring is 1. The molecule has 0 bridgehead atoms. The van der Waals surface area contributed by atoms with Crippen LogP contribution in [0.3, 0.4) is 0 Å². The summed E-state index contributed by atoms with van der Waals surface area (Å²) in [4.78, 5) is 0.207. The molecule has 1 unspecified atom stereocenters. The molecule has 1 heterocycles. The molecule has 118 valence electrons. The molecule has 0 saturated carbocycles. The highest BCUT2D eigenvalue weighted by Crippen LogP contribution is 2.28. The first-order valence-electron chi connectivity index (χ1n) is 7.13. The van der Waals surface area contributed by atoms with Gasteiger partial charge < -0.3 is 15.8 Å². The third-order valence-electron chi connectivity index (χ3n) is 3.62. The van der Waals surface area contributed by atoms with Gasteiger partial charge in [-0.05, 0) is 38.0 Å². The second-order valence-electron chi connectivity index (χ2n) is 5.51. The second kappa shape index (κ2) is 6.21. The third-order valence-corrected chi connectivity index (χ3v) is 5.17. The average molecular weight is 313 g/mol.